The summed E-state index contributed by atoms with van der Waals surface area (Å²) in [6.45, 7) is 2.25. The van der Waals surface area contributed by atoms with Crippen LogP contribution in [0.1, 0.15) is 82.6 Å². The molecule has 2 aliphatic rings. The van der Waals surface area contributed by atoms with Crippen molar-refractivity contribution in [2.45, 2.75) is 77.0 Å². The third-order valence-electron chi connectivity index (χ3n) is 6.53. The minimum absolute atomic E-state index is 0.238. The van der Waals surface area contributed by atoms with E-state index < -0.39 is 0 Å². The van der Waals surface area contributed by atoms with E-state index in [0.717, 1.165) is 23.3 Å². The number of halogens is 2. The SMILES string of the molecule is CCC/C=C/[C@H]1CC[C@H](C2CCC(c3ccc(Cl)c(F)c3)CC2)CC1. The number of hydrogen-bond donors (Lipinski definition) is 0. The maximum atomic E-state index is 13.7. The minimum atomic E-state index is -0.268. The van der Waals surface area contributed by atoms with Crippen LogP contribution in [-0.4, -0.2) is 0 Å². The molecular formula is C23H32ClF. The molecule has 2 heteroatoms. The fourth-order valence-electron chi connectivity index (χ4n) is 4.95. The third-order valence-corrected chi connectivity index (χ3v) is 6.84. The molecule has 0 bridgehead atoms. The first kappa shape index (κ1) is 19.0. The Labute approximate surface area is 157 Å². The second kappa shape index (κ2) is 9.21. The van der Waals surface area contributed by atoms with E-state index >= 15 is 0 Å². The molecule has 0 saturated heterocycles. The van der Waals surface area contributed by atoms with Crippen molar-refractivity contribution in [3.05, 3.63) is 46.8 Å². The van der Waals surface area contributed by atoms with Crippen molar-refractivity contribution in [3.63, 3.8) is 0 Å². The Morgan fingerprint density at radius 3 is 2.24 bits per heavy atom. The van der Waals surface area contributed by atoms with Crippen LogP contribution in [0.2, 0.25) is 5.02 Å². The second-order valence-electron chi connectivity index (χ2n) is 8.18. The molecule has 138 valence electrons. The van der Waals surface area contributed by atoms with Crippen LogP contribution in [0, 0.1) is 23.6 Å². The molecule has 2 fully saturated rings. The standard InChI is InChI=1S/C23H32ClF/c1-2-3-4-5-17-6-8-18(9-7-17)19-10-12-20(13-11-19)21-14-15-22(24)23(25)16-21/h4-5,14-20H,2-3,6-13H2,1H3/b5-4+/t17-,18-,19?,20?. The van der Waals surface area contributed by atoms with Crippen molar-refractivity contribution < 1.29 is 4.39 Å². The summed E-state index contributed by atoms with van der Waals surface area (Å²) in [6.07, 6.45) is 18.0. The summed E-state index contributed by atoms with van der Waals surface area (Å²) >= 11 is 5.82. The smallest absolute Gasteiger partial charge is 0.142 e. The van der Waals surface area contributed by atoms with Gasteiger partial charge < -0.3 is 0 Å². The summed E-state index contributed by atoms with van der Waals surface area (Å²) in [6, 6.07) is 5.39. The molecular weight excluding hydrogens is 331 g/mol. The van der Waals surface area contributed by atoms with Crippen molar-refractivity contribution in [2.75, 3.05) is 0 Å². The predicted octanol–water partition coefficient (Wildman–Crippen LogP) is 7.92. The molecule has 0 unspecified atom stereocenters. The third kappa shape index (κ3) is 5.09. The lowest BCUT2D eigenvalue weighted by Gasteiger charge is -2.37. The second-order valence-corrected chi connectivity index (χ2v) is 8.58. The van der Waals surface area contributed by atoms with E-state index in [0.29, 0.717) is 5.92 Å². The van der Waals surface area contributed by atoms with Gasteiger partial charge in [-0.2, -0.15) is 0 Å². The molecule has 0 nitrogen and oxygen atoms in total. The molecule has 25 heavy (non-hydrogen) atoms. The molecule has 1 aromatic rings. The monoisotopic (exact) mass is 362 g/mol. The van der Waals surface area contributed by atoms with Crippen LogP contribution >= 0.6 is 11.6 Å². The summed E-state index contributed by atoms with van der Waals surface area (Å²) in [5.41, 5.74) is 1.14. The number of unbranched alkanes of at least 4 members (excludes halogenated alkanes) is 1. The van der Waals surface area contributed by atoms with Crippen LogP contribution in [0.15, 0.2) is 30.4 Å². The van der Waals surface area contributed by atoms with E-state index in [9.17, 15) is 4.39 Å². The van der Waals surface area contributed by atoms with Gasteiger partial charge in [-0.15, -0.1) is 0 Å². The Morgan fingerprint density at radius 1 is 1.00 bits per heavy atom. The summed E-state index contributed by atoms with van der Waals surface area (Å²) in [7, 11) is 0. The van der Waals surface area contributed by atoms with E-state index in [4.69, 9.17) is 11.6 Å². The Kier molecular flexibility index (Phi) is 6.99. The van der Waals surface area contributed by atoms with E-state index in [1.165, 1.54) is 64.2 Å². The van der Waals surface area contributed by atoms with Crippen LogP contribution in [0.4, 0.5) is 4.39 Å². The Hall–Kier alpha value is -0.820. The molecule has 0 radical (unpaired) electrons. The predicted molar refractivity (Wildman–Crippen MR) is 106 cm³/mol. The highest BCUT2D eigenvalue weighted by Gasteiger charge is 2.30. The van der Waals surface area contributed by atoms with Gasteiger partial charge in [0.15, 0.2) is 0 Å². The molecule has 0 aliphatic heterocycles. The maximum absolute atomic E-state index is 13.7. The fourth-order valence-corrected chi connectivity index (χ4v) is 5.07. The number of benzene rings is 1. The van der Waals surface area contributed by atoms with E-state index in [1.54, 1.807) is 12.1 Å². The quantitative estimate of drug-likeness (QED) is 0.466. The van der Waals surface area contributed by atoms with Crippen LogP contribution < -0.4 is 0 Å². The van der Waals surface area contributed by atoms with Gasteiger partial charge in [-0.3, -0.25) is 0 Å². The highest BCUT2D eigenvalue weighted by Crippen LogP contribution is 2.44. The Balaban J connectivity index is 1.46. The van der Waals surface area contributed by atoms with Gasteiger partial charge in [-0.05, 0) is 99.2 Å². The highest BCUT2D eigenvalue weighted by atomic mass is 35.5. The molecule has 0 heterocycles. The van der Waals surface area contributed by atoms with Crippen LogP contribution in [0.25, 0.3) is 0 Å². The van der Waals surface area contributed by atoms with Gasteiger partial charge in [0.1, 0.15) is 5.82 Å². The van der Waals surface area contributed by atoms with E-state index in [-0.39, 0.29) is 10.8 Å². The number of rotatable bonds is 5. The zero-order chi connectivity index (χ0) is 17.6. The number of hydrogen-bond acceptors (Lipinski definition) is 0. The Morgan fingerprint density at radius 2 is 1.64 bits per heavy atom. The van der Waals surface area contributed by atoms with Gasteiger partial charge in [0.05, 0.1) is 5.02 Å². The molecule has 1 aromatic carbocycles. The van der Waals surface area contributed by atoms with Crippen molar-refractivity contribution in [3.8, 4) is 0 Å². The molecule has 2 aliphatic carbocycles. The van der Waals surface area contributed by atoms with Crippen LogP contribution in [0.3, 0.4) is 0 Å². The first-order chi connectivity index (χ1) is 12.2. The lowest BCUT2D eigenvalue weighted by Crippen LogP contribution is -2.25. The minimum Gasteiger partial charge on any atom is -0.205 e. The van der Waals surface area contributed by atoms with Crippen molar-refractivity contribution in [2.24, 2.45) is 17.8 Å². The average molecular weight is 363 g/mol. The summed E-state index contributed by atoms with van der Waals surface area (Å²) in [4.78, 5) is 0. The lowest BCUT2D eigenvalue weighted by molar-refractivity contribution is 0.171. The van der Waals surface area contributed by atoms with Gasteiger partial charge in [0, 0.05) is 0 Å². The fraction of sp³-hybridized carbons (Fsp3) is 0.652. The molecule has 0 spiro atoms. The van der Waals surface area contributed by atoms with Gasteiger partial charge in [-0.25, -0.2) is 4.39 Å². The van der Waals surface area contributed by atoms with Gasteiger partial charge in [0.25, 0.3) is 0 Å². The molecule has 0 amide bonds. The van der Waals surface area contributed by atoms with Crippen LogP contribution in [-0.2, 0) is 0 Å². The Bertz CT molecular complexity index is 563. The molecule has 0 atom stereocenters. The summed E-state index contributed by atoms with van der Waals surface area (Å²) in [5.74, 6) is 2.91. The first-order valence-corrected chi connectivity index (χ1v) is 10.7. The van der Waals surface area contributed by atoms with Crippen LogP contribution in [0.5, 0.6) is 0 Å². The van der Waals surface area contributed by atoms with Gasteiger partial charge >= 0.3 is 0 Å². The lowest BCUT2D eigenvalue weighted by atomic mass is 9.68. The summed E-state index contributed by atoms with van der Waals surface area (Å²) < 4.78 is 13.7. The van der Waals surface area contributed by atoms with E-state index in [2.05, 4.69) is 19.1 Å². The zero-order valence-electron chi connectivity index (χ0n) is 15.5. The maximum Gasteiger partial charge on any atom is 0.142 e. The number of allylic oxidation sites excluding steroid dienone is 2. The van der Waals surface area contributed by atoms with Crippen molar-refractivity contribution in [1.82, 2.24) is 0 Å². The van der Waals surface area contributed by atoms with Crippen molar-refractivity contribution in [1.29, 1.82) is 0 Å². The zero-order valence-corrected chi connectivity index (χ0v) is 16.3. The van der Waals surface area contributed by atoms with Gasteiger partial charge in [0.2, 0.25) is 0 Å². The topological polar surface area (TPSA) is 0 Å². The highest BCUT2D eigenvalue weighted by molar-refractivity contribution is 6.30. The largest absolute Gasteiger partial charge is 0.205 e. The molecule has 0 aromatic heterocycles. The average Bonchev–Trinajstić information content (AvgIpc) is 2.65. The van der Waals surface area contributed by atoms with E-state index in [1.807, 2.05) is 6.07 Å². The van der Waals surface area contributed by atoms with Gasteiger partial charge in [-0.1, -0.05) is 43.2 Å². The normalized spacial score (nSPS) is 30.7. The van der Waals surface area contributed by atoms with Crippen molar-refractivity contribution >= 4 is 11.6 Å². The molecule has 2 saturated carbocycles. The summed E-state index contributed by atoms with van der Waals surface area (Å²) in [5, 5.41) is 0.238. The first-order valence-electron chi connectivity index (χ1n) is 10.3. The molecule has 3 rings (SSSR count). The molecule has 0 N–H and O–H groups in total.